The summed E-state index contributed by atoms with van der Waals surface area (Å²) in [5.41, 5.74) is 1.26. The van der Waals surface area contributed by atoms with Crippen LogP contribution in [0, 0.1) is 0 Å². The first-order chi connectivity index (χ1) is 9.67. The van der Waals surface area contributed by atoms with E-state index in [9.17, 15) is 0 Å². The summed E-state index contributed by atoms with van der Waals surface area (Å²) in [7, 11) is 1.86. The smallest absolute Gasteiger partial charge is 0.0693 e. The van der Waals surface area contributed by atoms with Gasteiger partial charge in [0, 0.05) is 35.9 Å². The summed E-state index contributed by atoms with van der Waals surface area (Å²) in [4.78, 5) is 4.50. The van der Waals surface area contributed by atoms with Crippen molar-refractivity contribution in [3.8, 4) is 0 Å². The number of ether oxygens (including phenoxy) is 1. The Balaban J connectivity index is 1.97. The zero-order valence-electron chi connectivity index (χ0n) is 12.5. The predicted molar refractivity (Wildman–Crippen MR) is 85.9 cm³/mol. The van der Waals surface area contributed by atoms with Crippen molar-refractivity contribution in [2.45, 2.75) is 57.1 Å². The number of methoxy groups -OCH3 is 1. The minimum atomic E-state index is 0.112. The van der Waals surface area contributed by atoms with Crippen LogP contribution >= 0.6 is 15.9 Å². The molecular weight excluding hydrogens is 316 g/mol. The normalized spacial score (nSPS) is 18.6. The third-order valence-electron chi connectivity index (χ3n) is 4.24. The van der Waals surface area contributed by atoms with Crippen molar-refractivity contribution in [1.82, 2.24) is 10.3 Å². The summed E-state index contributed by atoms with van der Waals surface area (Å²) < 4.78 is 6.81. The number of aromatic nitrogens is 1. The van der Waals surface area contributed by atoms with Crippen LogP contribution in [-0.2, 0) is 11.2 Å². The van der Waals surface area contributed by atoms with E-state index < -0.39 is 0 Å². The molecule has 0 amide bonds. The summed E-state index contributed by atoms with van der Waals surface area (Å²) in [6, 6.07) is 4.61. The van der Waals surface area contributed by atoms with Crippen LogP contribution in [0.3, 0.4) is 0 Å². The Labute approximate surface area is 130 Å². The first-order valence-corrected chi connectivity index (χ1v) is 8.36. The monoisotopic (exact) mass is 340 g/mol. The average molecular weight is 341 g/mol. The van der Waals surface area contributed by atoms with Crippen LogP contribution in [0.1, 0.15) is 44.7 Å². The summed E-state index contributed by atoms with van der Waals surface area (Å²) in [5.74, 6) is 0. The fraction of sp³-hybridized carbons (Fsp3) is 0.688. The fourth-order valence-electron chi connectivity index (χ4n) is 2.86. The topological polar surface area (TPSA) is 34.2 Å². The SMILES string of the molecule is CCCNC(Cc1ccc(Br)cn1)CC1(OC)CCC1. The van der Waals surface area contributed by atoms with E-state index in [1.807, 2.05) is 13.3 Å². The molecule has 0 aliphatic heterocycles. The molecule has 1 heterocycles. The lowest BCUT2D eigenvalue weighted by molar-refractivity contribution is -0.0834. The van der Waals surface area contributed by atoms with Gasteiger partial charge in [-0.05, 0) is 66.7 Å². The Bertz CT molecular complexity index is 398. The number of halogens is 1. The van der Waals surface area contributed by atoms with Crippen LogP contribution in [0.15, 0.2) is 22.8 Å². The summed E-state index contributed by atoms with van der Waals surface area (Å²) >= 11 is 3.44. The molecule has 1 aromatic heterocycles. The number of pyridine rings is 1. The minimum Gasteiger partial charge on any atom is -0.378 e. The molecule has 0 bridgehead atoms. The van der Waals surface area contributed by atoms with E-state index in [1.165, 1.54) is 19.3 Å². The predicted octanol–water partition coefficient (Wildman–Crippen LogP) is 3.71. The highest BCUT2D eigenvalue weighted by molar-refractivity contribution is 9.10. The lowest BCUT2D eigenvalue weighted by atomic mass is 9.75. The number of nitrogens with zero attached hydrogens (tertiary/aromatic N) is 1. The molecular formula is C16H25BrN2O. The lowest BCUT2D eigenvalue weighted by Crippen LogP contribution is -2.46. The van der Waals surface area contributed by atoms with Gasteiger partial charge in [0.25, 0.3) is 0 Å². The number of hydrogen-bond acceptors (Lipinski definition) is 3. The first kappa shape index (κ1) is 15.9. The van der Waals surface area contributed by atoms with Crippen molar-refractivity contribution in [2.75, 3.05) is 13.7 Å². The van der Waals surface area contributed by atoms with Gasteiger partial charge in [0.05, 0.1) is 5.60 Å². The fourth-order valence-corrected chi connectivity index (χ4v) is 3.09. The van der Waals surface area contributed by atoms with Gasteiger partial charge in [-0.3, -0.25) is 4.98 Å². The van der Waals surface area contributed by atoms with Crippen LogP contribution in [0.2, 0.25) is 0 Å². The van der Waals surface area contributed by atoms with Gasteiger partial charge in [0.1, 0.15) is 0 Å². The molecule has 1 unspecified atom stereocenters. The molecule has 1 aliphatic rings. The van der Waals surface area contributed by atoms with E-state index in [0.717, 1.165) is 36.0 Å². The van der Waals surface area contributed by atoms with Crippen molar-refractivity contribution < 1.29 is 4.74 Å². The third-order valence-corrected chi connectivity index (χ3v) is 4.71. The largest absolute Gasteiger partial charge is 0.378 e. The molecule has 1 N–H and O–H groups in total. The molecule has 1 saturated carbocycles. The number of rotatable bonds is 8. The minimum absolute atomic E-state index is 0.112. The third kappa shape index (κ3) is 4.27. The maximum Gasteiger partial charge on any atom is 0.0693 e. The summed E-state index contributed by atoms with van der Waals surface area (Å²) in [6.07, 6.45) is 8.78. The van der Waals surface area contributed by atoms with Gasteiger partial charge < -0.3 is 10.1 Å². The maximum absolute atomic E-state index is 5.77. The summed E-state index contributed by atoms with van der Waals surface area (Å²) in [5, 5.41) is 3.66. The molecule has 1 fully saturated rings. The highest BCUT2D eigenvalue weighted by Gasteiger charge is 2.38. The van der Waals surface area contributed by atoms with Gasteiger partial charge in [0.2, 0.25) is 0 Å². The molecule has 4 heteroatoms. The van der Waals surface area contributed by atoms with Crippen molar-refractivity contribution in [3.05, 3.63) is 28.5 Å². The van der Waals surface area contributed by atoms with E-state index in [2.05, 4.69) is 45.3 Å². The van der Waals surface area contributed by atoms with Crippen molar-refractivity contribution >= 4 is 15.9 Å². The average Bonchev–Trinajstić information content (AvgIpc) is 2.42. The van der Waals surface area contributed by atoms with E-state index in [0.29, 0.717) is 6.04 Å². The van der Waals surface area contributed by atoms with Crippen molar-refractivity contribution in [3.63, 3.8) is 0 Å². The Morgan fingerprint density at radius 2 is 2.25 bits per heavy atom. The van der Waals surface area contributed by atoms with Crippen molar-refractivity contribution in [2.24, 2.45) is 0 Å². The van der Waals surface area contributed by atoms with Crippen LogP contribution in [-0.4, -0.2) is 30.3 Å². The molecule has 20 heavy (non-hydrogen) atoms. The van der Waals surface area contributed by atoms with E-state index in [-0.39, 0.29) is 5.60 Å². The van der Waals surface area contributed by atoms with Crippen LogP contribution in [0.4, 0.5) is 0 Å². The van der Waals surface area contributed by atoms with Crippen LogP contribution in [0.25, 0.3) is 0 Å². The molecule has 0 saturated heterocycles. The van der Waals surface area contributed by atoms with Gasteiger partial charge in [0.15, 0.2) is 0 Å². The van der Waals surface area contributed by atoms with Crippen LogP contribution in [0.5, 0.6) is 0 Å². The quantitative estimate of drug-likeness (QED) is 0.783. The Kier molecular flexibility index (Phi) is 6.00. The van der Waals surface area contributed by atoms with Gasteiger partial charge in [-0.1, -0.05) is 6.92 Å². The summed E-state index contributed by atoms with van der Waals surface area (Å²) in [6.45, 7) is 3.26. The number of hydrogen-bond donors (Lipinski definition) is 1. The Morgan fingerprint density at radius 3 is 2.75 bits per heavy atom. The lowest BCUT2D eigenvalue weighted by Gasteiger charge is -2.43. The second kappa shape index (κ2) is 7.53. The van der Waals surface area contributed by atoms with E-state index >= 15 is 0 Å². The highest BCUT2D eigenvalue weighted by atomic mass is 79.9. The Morgan fingerprint density at radius 1 is 1.45 bits per heavy atom. The number of nitrogens with one attached hydrogen (secondary N) is 1. The standard InChI is InChI=1S/C16H25BrN2O/c1-3-9-18-15(11-16(20-2)7-4-8-16)10-14-6-5-13(17)12-19-14/h5-6,12,15,18H,3-4,7-11H2,1-2H3. The molecule has 112 valence electrons. The van der Waals surface area contributed by atoms with Crippen molar-refractivity contribution in [1.29, 1.82) is 0 Å². The molecule has 0 radical (unpaired) electrons. The van der Waals surface area contributed by atoms with Gasteiger partial charge in [-0.2, -0.15) is 0 Å². The molecule has 0 spiro atoms. The van der Waals surface area contributed by atoms with Gasteiger partial charge in [-0.15, -0.1) is 0 Å². The zero-order chi connectivity index (χ0) is 14.4. The molecule has 3 nitrogen and oxygen atoms in total. The van der Waals surface area contributed by atoms with Gasteiger partial charge >= 0.3 is 0 Å². The second-order valence-corrected chi connectivity index (χ2v) is 6.68. The molecule has 1 atom stereocenters. The molecule has 1 aliphatic carbocycles. The Hall–Kier alpha value is -0.450. The molecule has 2 rings (SSSR count). The van der Waals surface area contributed by atoms with Crippen LogP contribution < -0.4 is 5.32 Å². The second-order valence-electron chi connectivity index (χ2n) is 5.77. The molecule has 0 aromatic carbocycles. The zero-order valence-corrected chi connectivity index (χ0v) is 14.1. The molecule has 1 aromatic rings. The van der Waals surface area contributed by atoms with Gasteiger partial charge in [-0.25, -0.2) is 0 Å². The van der Waals surface area contributed by atoms with E-state index in [1.54, 1.807) is 0 Å². The highest BCUT2D eigenvalue weighted by Crippen LogP contribution is 2.39. The first-order valence-electron chi connectivity index (χ1n) is 7.56. The maximum atomic E-state index is 5.77. The van der Waals surface area contributed by atoms with E-state index in [4.69, 9.17) is 4.74 Å².